The molecular formula is C22H34ClN5O. The summed E-state index contributed by atoms with van der Waals surface area (Å²) in [4.78, 5) is 21.6. The fourth-order valence-electron chi connectivity index (χ4n) is 3.84. The number of carbonyl (C=O) groups is 1. The Balaban J connectivity index is 1.44. The van der Waals surface area contributed by atoms with Gasteiger partial charge in [-0.2, -0.15) is 0 Å². The van der Waals surface area contributed by atoms with Gasteiger partial charge in [-0.1, -0.05) is 36.2 Å². The van der Waals surface area contributed by atoms with E-state index in [-0.39, 0.29) is 6.04 Å². The van der Waals surface area contributed by atoms with Gasteiger partial charge in [0, 0.05) is 50.2 Å². The van der Waals surface area contributed by atoms with Crippen LogP contribution in [-0.4, -0.2) is 67.5 Å². The van der Waals surface area contributed by atoms with Crippen LogP contribution in [0.25, 0.3) is 0 Å². The van der Waals surface area contributed by atoms with Gasteiger partial charge in [0.1, 0.15) is 0 Å². The molecule has 1 aromatic rings. The molecule has 0 bridgehead atoms. The van der Waals surface area contributed by atoms with Crippen LogP contribution >= 0.6 is 11.6 Å². The fraction of sp³-hybridized carbons (Fsp3) is 0.636. The Morgan fingerprint density at radius 1 is 1.24 bits per heavy atom. The molecule has 160 valence electrons. The van der Waals surface area contributed by atoms with Gasteiger partial charge in [-0.3, -0.25) is 14.7 Å². The Bertz CT molecular complexity index is 698. The van der Waals surface area contributed by atoms with Crippen LogP contribution in [0.3, 0.4) is 0 Å². The van der Waals surface area contributed by atoms with Crippen molar-refractivity contribution in [3.8, 4) is 0 Å². The highest BCUT2D eigenvalue weighted by Crippen LogP contribution is 2.28. The molecule has 6 nitrogen and oxygen atoms in total. The second-order valence-electron chi connectivity index (χ2n) is 7.94. The Hall–Kier alpha value is -1.79. The predicted molar refractivity (Wildman–Crippen MR) is 119 cm³/mol. The highest BCUT2D eigenvalue weighted by Gasteiger charge is 2.30. The molecule has 2 fully saturated rings. The average Bonchev–Trinajstić information content (AvgIpc) is 2.67. The molecule has 7 heteroatoms. The van der Waals surface area contributed by atoms with Gasteiger partial charge in [0.15, 0.2) is 5.96 Å². The van der Waals surface area contributed by atoms with Crippen molar-refractivity contribution in [3.05, 3.63) is 34.9 Å². The molecule has 1 aliphatic heterocycles. The van der Waals surface area contributed by atoms with Gasteiger partial charge in [-0.25, -0.2) is 0 Å². The summed E-state index contributed by atoms with van der Waals surface area (Å²) in [5, 5.41) is 7.52. The molecule has 1 saturated heterocycles. The lowest BCUT2D eigenvalue weighted by molar-refractivity contribution is -0.139. The molecule has 29 heavy (non-hydrogen) atoms. The van der Waals surface area contributed by atoms with Crippen LogP contribution in [0.15, 0.2) is 29.3 Å². The van der Waals surface area contributed by atoms with Crippen LogP contribution in [0.2, 0.25) is 5.02 Å². The predicted octanol–water partition coefficient (Wildman–Crippen LogP) is 2.90. The summed E-state index contributed by atoms with van der Waals surface area (Å²) in [6.07, 6.45) is 3.38. The fourth-order valence-corrected chi connectivity index (χ4v) is 4.14. The van der Waals surface area contributed by atoms with Crippen molar-refractivity contribution in [2.45, 2.75) is 39.2 Å². The monoisotopic (exact) mass is 419 g/mol. The number of nitrogens with one attached hydrogen (secondary N) is 2. The van der Waals surface area contributed by atoms with E-state index in [1.807, 2.05) is 24.3 Å². The van der Waals surface area contributed by atoms with Gasteiger partial charge in [0.2, 0.25) is 5.91 Å². The number of amides is 1. The lowest BCUT2D eigenvalue weighted by Gasteiger charge is -2.38. The zero-order chi connectivity index (χ0) is 20.6. The van der Waals surface area contributed by atoms with E-state index in [0.29, 0.717) is 11.8 Å². The van der Waals surface area contributed by atoms with Crippen LogP contribution in [0.5, 0.6) is 0 Å². The maximum absolute atomic E-state index is 12.4. The number of piperazine rings is 1. The normalized spacial score (nSPS) is 19.6. The third-order valence-electron chi connectivity index (χ3n) is 5.89. The molecule has 1 aromatic carbocycles. The molecule has 3 rings (SSSR count). The molecule has 2 aliphatic rings. The Labute approximate surface area is 179 Å². The van der Waals surface area contributed by atoms with Crippen molar-refractivity contribution in [3.63, 3.8) is 0 Å². The number of hydrogen-bond donors (Lipinski definition) is 2. The van der Waals surface area contributed by atoms with E-state index in [1.165, 1.54) is 6.42 Å². The summed E-state index contributed by atoms with van der Waals surface area (Å²) in [6, 6.07) is 7.96. The summed E-state index contributed by atoms with van der Waals surface area (Å²) < 4.78 is 0. The van der Waals surface area contributed by atoms with E-state index in [9.17, 15) is 4.79 Å². The van der Waals surface area contributed by atoms with E-state index in [4.69, 9.17) is 16.6 Å². The van der Waals surface area contributed by atoms with Crippen molar-refractivity contribution in [1.29, 1.82) is 0 Å². The zero-order valence-electron chi connectivity index (χ0n) is 17.7. The maximum Gasteiger partial charge on any atom is 0.225 e. The molecule has 1 amide bonds. The number of carbonyl (C=O) groups excluding carboxylic acids is 1. The third-order valence-corrected chi connectivity index (χ3v) is 6.24. The Kier molecular flexibility index (Phi) is 8.19. The number of benzene rings is 1. The number of nitrogens with zero attached hydrogens (tertiary/aromatic N) is 3. The van der Waals surface area contributed by atoms with Crippen LogP contribution < -0.4 is 10.6 Å². The molecule has 2 N–H and O–H groups in total. The topological polar surface area (TPSA) is 60.0 Å². The van der Waals surface area contributed by atoms with Gasteiger partial charge < -0.3 is 15.5 Å². The number of aliphatic imine (C=N–C) groups is 1. The minimum atomic E-state index is 0.0718. The van der Waals surface area contributed by atoms with Gasteiger partial charge >= 0.3 is 0 Å². The minimum absolute atomic E-state index is 0.0718. The second-order valence-corrected chi connectivity index (χ2v) is 8.35. The summed E-state index contributed by atoms with van der Waals surface area (Å²) >= 11 is 6.32. The largest absolute Gasteiger partial charge is 0.357 e. The first-order valence-corrected chi connectivity index (χ1v) is 11.3. The number of hydrogen-bond acceptors (Lipinski definition) is 3. The van der Waals surface area contributed by atoms with Crippen LogP contribution in [0.1, 0.15) is 44.7 Å². The lowest BCUT2D eigenvalue weighted by Crippen LogP contribution is -2.51. The first-order valence-electron chi connectivity index (χ1n) is 10.9. The van der Waals surface area contributed by atoms with E-state index in [2.05, 4.69) is 34.3 Å². The molecule has 1 aliphatic carbocycles. The van der Waals surface area contributed by atoms with E-state index < -0.39 is 0 Å². The smallest absolute Gasteiger partial charge is 0.225 e. The molecule has 1 heterocycles. The van der Waals surface area contributed by atoms with E-state index in [0.717, 1.165) is 75.2 Å². The number of guanidine groups is 1. The van der Waals surface area contributed by atoms with Crippen molar-refractivity contribution in [2.75, 3.05) is 45.8 Å². The summed E-state index contributed by atoms with van der Waals surface area (Å²) in [5.41, 5.74) is 1.06. The highest BCUT2D eigenvalue weighted by molar-refractivity contribution is 6.31. The van der Waals surface area contributed by atoms with Crippen molar-refractivity contribution in [1.82, 2.24) is 20.4 Å². The SMILES string of the molecule is CCNC(=NCCN1CCN(C(=O)C2CCC2)CC1)NC(C)c1ccccc1Cl. The van der Waals surface area contributed by atoms with Crippen molar-refractivity contribution in [2.24, 2.45) is 10.9 Å². The summed E-state index contributed by atoms with van der Waals surface area (Å²) in [6.45, 7) is 10.2. The zero-order valence-corrected chi connectivity index (χ0v) is 18.4. The lowest BCUT2D eigenvalue weighted by atomic mass is 9.84. The molecule has 1 atom stereocenters. The van der Waals surface area contributed by atoms with Crippen LogP contribution in [-0.2, 0) is 4.79 Å². The number of halogens is 1. The van der Waals surface area contributed by atoms with Crippen molar-refractivity contribution >= 4 is 23.5 Å². The Morgan fingerprint density at radius 2 is 1.97 bits per heavy atom. The first kappa shape index (κ1) is 21.9. The van der Waals surface area contributed by atoms with Crippen LogP contribution in [0, 0.1) is 5.92 Å². The average molecular weight is 420 g/mol. The molecule has 0 spiro atoms. The quantitative estimate of drug-likeness (QED) is 0.527. The maximum atomic E-state index is 12.4. The van der Waals surface area contributed by atoms with E-state index in [1.54, 1.807) is 0 Å². The van der Waals surface area contributed by atoms with Crippen LogP contribution in [0.4, 0.5) is 0 Å². The highest BCUT2D eigenvalue weighted by atomic mass is 35.5. The first-order chi connectivity index (χ1) is 14.1. The van der Waals surface area contributed by atoms with Gasteiger partial charge in [0.05, 0.1) is 12.6 Å². The van der Waals surface area contributed by atoms with Gasteiger partial charge in [0.25, 0.3) is 0 Å². The number of rotatable bonds is 7. The molecule has 0 radical (unpaired) electrons. The summed E-state index contributed by atoms with van der Waals surface area (Å²) in [5.74, 6) is 1.49. The molecule has 1 unspecified atom stereocenters. The molecule has 1 saturated carbocycles. The third kappa shape index (κ3) is 6.09. The second kappa shape index (κ2) is 10.8. The molecule has 0 aromatic heterocycles. The van der Waals surface area contributed by atoms with Gasteiger partial charge in [-0.15, -0.1) is 0 Å². The standard InChI is InChI=1S/C22H34ClN5O/c1-3-24-22(26-17(2)19-9-4-5-10-20(19)23)25-11-12-27-13-15-28(16-14-27)21(29)18-7-6-8-18/h4-5,9-10,17-18H,3,6-8,11-16H2,1-2H3,(H2,24,25,26). The van der Waals surface area contributed by atoms with Crippen molar-refractivity contribution < 1.29 is 4.79 Å². The molecular weight excluding hydrogens is 386 g/mol. The van der Waals surface area contributed by atoms with E-state index >= 15 is 0 Å². The summed E-state index contributed by atoms with van der Waals surface area (Å²) in [7, 11) is 0. The Morgan fingerprint density at radius 3 is 2.59 bits per heavy atom. The minimum Gasteiger partial charge on any atom is -0.357 e. The van der Waals surface area contributed by atoms with Gasteiger partial charge in [-0.05, 0) is 38.3 Å².